The van der Waals surface area contributed by atoms with Crippen molar-refractivity contribution in [1.82, 2.24) is 5.32 Å². The summed E-state index contributed by atoms with van der Waals surface area (Å²) in [4.78, 5) is 11.3. The van der Waals surface area contributed by atoms with Crippen LogP contribution in [0, 0.1) is 0 Å². The minimum absolute atomic E-state index is 0.0927. The molecule has 0 atom stereocenters. The fourth-order valence-electron chi connectivity index (χ4n) is 1.12. The van der Waals surface area contributed by atoms with Gasteiger partial charge in [0.05, 0.1) is 19.8 Å². The van der Waals surface area contributed by atoms with Crippen molar-refractivity contribution in [3.63, 3.8) is 0 Å². The molecule has 0 aromatic rings. The van der Waals surface area contributed by atoms with E-state index in [1.54, 1.807) is 0 Å². The van der Waals surface area contributed by atoms with E-state index in [-0.39, 0.29) is 25.7 Å². The van der Waals surface area contributed by atoms with Gasteiger partial charge in [0.15, 0.2) is 0 Å². The van der Waals surface area contributed by atoms with Crippen LogP contribution in [0.15, 0.2) is 0 Å². The Kier molecular flexibility index (Phi) is 6.44. The van der Waals surface area contributed by atoms with Crippen molar-refractivity contribution in [3.05, 3.63) is 0 Å². The van der Waals surface area contributed by atoms with Crippen LogP contribution in [0.2, 0.25) is 0 Å². The van der Waals surface area contributed by atoms with Crippen LogP contribution in [0.4, 0.5) is 0 Å². The van der Waals surface area contributed by atoms with Crippen molar-refractivity contribution in [2.45, 2.75) is 25.3 Å². The molecular weight excluding hydrogens is 186 g/mol. The topological polar surface area (TPSA) is 78.8 Å². The predicted octanol–water partition coefficient (Wildman–Crippen LogP) is -0.727. The molecule has 0 saturated heterocycles. The first-order valence-corrected chi connectivity index (χ1v) is 4.65. The Balaban J connectivity index is 4.26. The third kappa shape index (κ3) is 4.04. The largest absolute Gasteiger partial charge is 0.394 e. The van der Waals surface area contributed by atoms with E-state index >= 15 is 0 Å². The predicted molar refractivity (Wildman–Crippen MR) is 51.8 cm³/mol. The minimum atomic E-state index is -1.05. The lowest BCUT2D eigenvalue weighted by atomic mass is 10.0. The average molecular weight is 205 g/mol. The number of ether oxygens (including phenoxy) is 1. The van der Waals surface area contributed by atoms with E-state index in [1.807, 2.05) is 6.92 Å². The second kappa shape index (κ2) is 6.75. The van der Waals surface area contributed by atoms with E-state index in [0.717, 1.165) is 6.42 Å². The molecular formula is C9H19NO4. The van der Waals surface area contributed by atoms with Gasteiger partial charge in [0.2, 0.25) is 5.91 Å². The van der Waals surface area contributed by atoms with E-state index in [9.17, 15) is 4.79 Å². The van der Waals surface area contributed by atoms with Crippen LogP contribution in [0.5, 0.6) is 0 Å². The van der Waals surface area contributed by atoms with Gasteiger partial charge in [0.25, 0.3) is 0 Å². The van der Waals surface area contributed by atoms with Gasteiger partial charge in [-0.2, -0.15) is 0 Å². The number of rotatable bonds is 7. The molecule has 0 aliphatic heterocycles. The third-order valence-corrected chi connectivity index (χ3v) is 1.91. The van der Waals surface area contributed by atoms with E-state index < -0.39 is 5.54 Å². The lowest BCUT2D eigenvalue weighted by Gasteiger charge is -2.30. The molecule has 0 saturated carbocycles. The monoisotopic (exact) mass is 205 g/mol. The van der Waals surface area contributed by atoms with Gasteiger partial charge in [-0.3, -0.25) is 4.79 Å². The molecule has 0 rings (SSSR count). The van der Waals surface area contributed by atoms with Crippen LogP contribution >= 0.6 is 0 Å². The van der Waals surface area contributed by atoms with Crippen LogP contribution in [0.25, 0.3) is 0 Å². The Morgan fingerprint density at radius 3 is 2.36 bits per heavy atom. The van der Waals surface area contributed by atoms with E-state index in [2.05, 4.69) is 5.32 Å². The first kappa shape index (κ1) is 13.4. The molecule has 0 aromatic heterocycles. The second-order valence-corrected chi connectivity index (χ2v) is 3.33. The van der Waals surface area contributed by atoms with Gasteiger partial charge in [-0.1, -0.05) is 6.92 Å². The van der Waals surface area contributed by atoms with Crippen molar-refractivity contribution in [2.75, 3.05) is 26.9 Å². The zero-order valence-corrected chi connectivity index (χ0v) is 8.75. The molecule has 0 radical (unpaired) electrons. The summed E-state index contributed by atoms with van der Waals surface area (Å²) >= 11 is 0. The highest BCUT2D eigenvalue weighted by Gasteiger charge is 2.30. The van der Waals surface area contributed by atoms with Crippen LogP contribution in [0.3, 0.4) is 0 Å². The fourth-order valence-corrected chi connectivity index (χ4v) is 1.12. The maximum Gasteiger partial charge on any atom is 0.220 e. The minimum Gasteiger partial charge on any atom is -0.394 e. The number of carbonyl (C=O) groups is 1. The summed E-state index contributed by atoms with van der Waals surface area (Å²) in [5.74, 6) is -0.187. The van der Waals surface area contributed by atoms with Crippen molar-refractivity contribution < 1.29 is 19.7 Å². The van der Waals surface area contributed by atoms with Crippen molar-refractivity contribution in [3.8, 4) is 0 Å². The Hall–Kier alpha value is -0.650. The summed E-state index contributed by atoms with van der Waals surface area (Å²) in [5, 5.41) is 20.7. The highest BCUT2D eigenvalue weighted by Crippen LogP contribution is 2.04. The van der Waals surface area contributed by atoms with Crippen molar-refractivity contribution >= 4 is 5.91 Å². The van der Waals surface area contributed by atoms with Gasteiger partial charge in [-0.05, 0) is 6.42 Å². The summed E-state index contributed by atoms with van der Waals surface area (Å²) in [5.41, 5.74) is -1.05. The number of aliphatic hydroxyl groups excluding tert-OH is 2. The number of carbonyl (C=O) groups excluding carboxylic acids is 1. The van der Waals surface area contributed by atoms with Gasteiger partial charge in [0.1, 0.15) is 5.54 Å². The number of nitrogens with one attached hydrogen (secondary N) is 1. The Bertz CT molecular complexity index is 168. The SMILES string of the molecule is CCCC(=O)NC(CO)(CO)COC. The molecule has 1 amide bonds. The molecule has 0 bridgehead atoms. The average Bonchev–Trinajstić information content (AvgIpc) is 2.17. The molecule has 5 nitrogen and oxygen atoms in total. The smallest absolute Gasteiger partial charge is 0.220 e. The molecule has 0 unspecified atom stereocenters. The quantitative estimate of drug-likeness (QED) is 0.512. The Morgan fingerprint density at radius 2 is 2.00 bits per heavy atom. The van der Waals surface area contributed by atoms with Crippen molar-refractivity contribution in [2.24, 2.45) is 0 Å². The standard InChI is InChI=1S/C9H19NO4/c1-3-4-8(13)10-9(5-11,6-12)7-14-2/h11-12H,3-7H2,1-2H3,(H,10,13). The lowest BCUT2D eigenvalue weighted by molar-refractivity contribution is -0.125. The lowest BCUT2D eigenvalue weighted by Crippen LogP contribution is -2.57. The first-order chi connectivity index (χ1) is 6.64. The van der Waals surface area contributed by atoms with Crippen LogP contribution < -0.4 is 5.32 Å². The first-order valence-electron chi connectivity index (χ1n) is 4.65. The van der Waals surface area contributed by atoms with Crippen LogP contribution in [-0.4, -0.2) is 48.6 Å². The maximum atomic E-state index is 11.3. The number of methoxy groups -OCH3 is 1. The second-order valence-electron chi connectivity index (χ2n) is 3.33. The van der Waals surface area contributed by atoms with E-state index in [0.29, 0.717) is 6.42 Å². The molecule has 14 heavy (non-hydrogen) atoms. The molecule has 5 heteroatoms. The van der Waals surface area contributed by atoms with Crippen LogP contribution in [0.1, 0.15) is 19.8 Å². The van der Waals surface area contributed by atoms with E-state index in [1.165, 1.54) is 7.11 Å². The summed E-state index contributed by atoms with van der Waals surface area (Å²) in [7, 11) is 1.45. The summed E-state index contributed by atoms with van der Waals surface area (Å²) in [6, 6.07) is 0. The number of aliphatic hydroxyl groups is 2. The fraction of sp³-hybridized carbons (Fsp3) is 0.889. The molecule has 0 aliphatic rings. The van der Waals surface area contributed by atoms with Crippen molar-refractivity contribution in [1.29, 1.82) is 0 Å². The van der Waals surface area contributed by atoms with Gasteiger partial charge < -0.3 is 20.3 Å². The highest BCUT2D eigenvalue weighted by atomic mass is 16.5. The normalized spacial score (nSPS) is 11.4. The number of hydrogen-bond donors (Lipinski definition) is 3. The van der Waals surface area contributed by atoms with Gasteiger partial charge in [0, 0.05) is 13.5 Å². The zero-order chi connectivity index (χ0) is 11.0. The van der Waals surface area contributed by atoms with Crippen LogP contribution in [-0.2, 0) is 9.53 Å². The molecule has 3 N–H and O–H groups in total. The molecule has 0 spiro atoms. The third-order valence-electron chi connectivity index (χ3n) is 1.91. The molecule has 0 fully saturated rings. The zero-order valence-electron chi connectivity index (χ0n) is 8.75. The van der Waals surface area contributed by atoms with Gasteiger partial charge in [-0.15, -0.1) is 0 Å². The number of amides is 1. The number of hydrogen-bond acceptors (Lipinski definition) is 4. The summed E-state index contributed by atoms with van der Waals surface area (Å²) < 4.78 is 4.83. The highest BCUT2D eigenvalue weighted by molar-refractivity contribution is 5.76. The molecule has 84 valence electrons. The van der Waals surface area contributed by atoms with E-state index in [4.69, 9.17) is 14.9 Å². The Labute approximate surface area is 84.1 Å². The molecule has 0 aromatic carbocycles. The summed E-state index contributed by atoms with van der Waals surface area (Å²) in [6.07, 6.45) is 1.11. The van der Waals surface area contributed by atoms with Gasteiger partial charge >= 0.3 is 0 Å². The Morgan fingerprint density at radius 1 is 1.43 bits per heavy atom. The summed E-state index contributed by atoms with van der Waals surface area (Å²) in [6.45, 7) is 1.30. The molecule has 0 heterocycles. The molecule has 0 aliphatic carbocycles. The van der Waals surface area contributed by atoms with Gasteiger partial charge in [-0.25, -0.2) is 0 Å². The maximum absolute atomic E-state index is 11.3.